The standard InChI is InChI=1S/C13H24N2O3/c1-15(10-13(17)6-7-14-9-13)12(16)5-4-11-3-2-8-18-11/h11,14,17H,2-10H2,1H3. The first-order valence-corrected chi connectivity index (χ1v) is 6.88. The number of hydrogen-bond acceptors (Lipinski definition) is 4. The highest BCUT2D eigenvalue weighted by atomic mass is 16.5. The van der Waals surface area contributed by atoms with E-state index in [0.29, 0.717) is 19.5 Å². The topological polar surface area (TPSA) is 61.8 Å². The van der Waals surface area contributed by atoms with Crippen molar-refractivity contribution in [1.82, 2.24) is 10.2 Å². The van der Waals surface area contributed by atoms with Crippen LogP contribution in [0.1, 0.15) is 32.1 Å². The molecule has 2 rings (SSSR count). The molecule has 104 valence electrons. The van der Waals surface area contributed by atoms with Crippen molar-refractivity contribution < 1.29 is 14.6 Å². The summed E-state index contributed by atoms with van der Waals surface area (Å²) in [6.45, 7) is 2.66. The fraction of sp³-hybridized carbons (Fsp3) is 0.923. The van der Waals surface area contributed by atoms with Crippen LogP contribution >= 0.6 is 0 Å². The molecule has 2 fully saturated rings. The summed E-state index contributed by atoms with van der Waals surface area (Å²) >= 11 is 0. The van der Waals surface area contributed by atoms with E-state index < -0.39 is 5.60 Å². The van der Waals surface area contributed by atoms with Gasteiger partial charge in [-0.05, 0) is 32.2 Å². The molecule has 0 aromatic rings. The van der Waals surface area contributed by atoms with E-state index in [-0.39, 0.29) is 12.0 Å². The van der Waals surface area contributed by atoms with Gasteiger partial charge in [0.05, 0.1) is 18.2 Å². The molecule has 5 nitrogen and oxygen atoms in total. The predicted molar refractivity (Wildman–Crippen MR) is 68.3 cm³/mol. The van der Waals surface area contributed by atoms with Crippen LogP contribution in [0.2, 0.25) is 0 Å². The van der Waals surface area contributed by atoms with Crippen molar-refractivity contribution in [2.45, 2.75) is 43.8 Å². The van der Waals surface area contributed by atoms with Crippen LogP contribution in [0.4, 0.5) is 0 Å². The van der Waals surface area contributed by atoms with Crippen LogP contribution in [-0.2, 0) is 9.53 Å². The van der Waals surface area contributed by atoms with Gasteiger partial charge in [0.15, 0.2) is 0 Å². The summed E-state index contributed by atoms with van der Waals surface area (Å²) < 4.78 is 5.51. The van der Waals surface area contributed by atoms with Crippen LogP contribution < -0.4 is 5.32 Å². The van der Waals surface area contributed by atoms with Crippen molar-refractivity contribution in [3.05, 3.63) is 0 Å². The Labute approximate surface area is 108 Å². The fourth-order valence-electron chi connectivity index (χ4n) is 2.74. The quantitative estimate of drug-likeness (QED) is 0.734. The third-order valence-corrected chi connectivity index (χ3v) is 3.88. The molecule has 2 atom stereocenters. The Hall–Kier alpha value is -0.650. The Bertz CT molecular complexity index is 284. The van der Waals surface area contributed by atoms with E-state index in [1.807, 2.05) is 0 Å². The molecule has 0 aromatic heterocycles. The molecule has 0 spiro atoms. The number of rotatable bonds is 5. The minimum absolute atomic E-state index is 0.103. The van der Waals surface area contributed by atoms with Crippen molar-refractivity contribution in [1.29, 1.82) is 0 Å². The molecular weight excluding hydrogens is 232 g/mol. The number of ether oxygens (including phenoxy) is 1. The van der Waals surface area contributed by atoms with Crippen molar-refractivity contribution in [3.63, 3.8) is 0 Å². The van der Waals surface area contributed by atoms with E-state index in [1.165, 1.54) is 0 Å². The lowest BCUT2D eigenvalue weighted by Gasteiger charge is -2.28. The molecule has 0 bridgehead atoms. The van der Waals surface area contributed by atoms with Crippen LogP contribution in [0.5, 0.6) is 0 Å². The molecule has 0 aromatic carbocycles. The third-order valence-electron chi connectivity index (χ3n) is 3.88. The lowest BCUT2D eigenvalue weighted by atomic mass is 10.0. The first-order chi connectivity index (χ1) is 8.59. The van der Waals surface area contributed by atoms with Crippen LogP contribution in [0, 0.1) is 0 Å². The summed E-state index contributed by atoms with van der Waals surface area (Å²) in [6, 6.07) is 0. The Morgan fingerprint density at radius 2 is 2.44 bits per heavy atom. The van der Waals surface area contributed by atoms with Gasteiger partial charge in [0, 0.05) is 26.6 Å². The number of nitrogens with zero attached hydrogens (tertiary/aromatic N) is 1. The lowest BCUT2D eigenvalue weighted by molar-refractivity contribution is -0.133. The fourth-order valence-corrected chi connectivity index (χ4v) is 2.74. The number of carbonyl (C=O) groups is 1. The Morgan fingerprint density at radius 1 is 1.61 bits per heavy atom. The van der Waals surface area contributed by atoms with E-state index in [2.05, 4.69) is 5.32 Å². The first kappa shape index (κ1) is 13.8. The smallest absolute Gasteiger partial charge is 0.222 e. The number of likely N-dealkylation sites (N-methyl/N-ethyl adjacent to an activating group) is 1. The molecule has 2 N–H and O–H groups in total. The maximum absolute atomic E-state index is 12.0. The van der Waals surface area contributed by atoms with E-state index in [1.54, 1.807) is 11.9 Å². The molecule has 2 saturated heterocycles. The molecule has 0 radical (unpaired) electrons. The van der Waals surface area contributed by atoms with E-state index >= 15 is 0 Å². The van der Waals surface area contributed by atoms with Gasteiger partial charge in [0.2, 0.25) is 5.91 Å². The molecule has 2 unspecified atom stereocenters. The van der Waals surface area contributed by atoms with Crippen molar-refractivity contribution >= 4 is 5.91 Å². The summed E-state index contributed by atoms with van der Waals surface area (Å²) in [7, 11) is 1.77. The summed E-state index contributed by atoms with van der Waals surface area (Å²) in [6.07, 6.45) is 4.49. The summed E-state index contributed by atoms with van der Waals surface area (Å²) in [4.78, 5) is 13.6. The molecule has 18 heavy (non-hydrogen) atoms. The lowest BCUT2D eigenvalue weighted by Crippen LogP contribution is -2.45. The average Bonchev–Trinajstić information content (AvgIpc) is 2.97. The van der Waals surface area contributed by atoms with Crippen LogP contribution in [0.25, 0.3) is 0 Å². The highest BCUT2D eigenvalue weighted by Gasteiger charge is 2.33. The molecule has 5 heteroatoms. The normalized spacial score (nSPS) is 31.8. The Morgan fingerprint density at radius 3 is 3.06 bits per heavy atom. The van der Waals surface area contributed by atoms with Gasteiger partial charge in [-0.1, -0.05) is 0 Å². The Kier molecular flexibility index (Phi) is 4.59. The van der Waals surface area contributed by atoms with Gasteiger partial charge in [-0.3, -0.25) is 4.79 Å². The maximum Gasteiger partial charge on any atom is 0.222 e. The van der Waals surface area contributed by atoms with Crippen molar-refractivity contribution in [3.8, 4) is 0 Å². The monoisotopic (exact) mass is 256 g/mol. The zero-order valence-electron chi connectivity index (χ0n) is 11.2. The van der Waals surface area contributed by atoms with Crippen LogP contribution in [0.15, 0.2) is 0 Å². The number of β-amino-alcohol motifs (C(OH)–C–C–N with tert-alkyl or cyclic N) is 1. The highest BCUT2D eigenvalue weighted by Crippen LogP contribution is 2.19. The zero-order valence-corrected chi connectivity index (χ0v) is 11.2. The van der Waals surface area contributed by atoms with Crippen molar-refractivity contribution in [2.24, 2.45) is 0 Å². The van der Waals surface area contributed by atoms with Gasteiger partial charge in [0.1, 0.15) is 0 Å². The summed E-state index contributed by atoms with van der Waals surface area (Å²) in [5.41, 5.74) is -0.742. The predicted octanol–water partition coefficient (Wildman–Crippen LogP) is 0.128. The minimum atomic E-state index is -0.742. The SMILES string of the molecule is CN(CC1(O)CCNC1)C(=O)CCC1CCCO1. The van der Waals surface area contributed by atoms with Gasteiger partial charge in [-0.2, -0.15) is 0 Å². The number of amides is 1. The van der Waals surface area contributed by atoms with Crippen LogP contribution in [0.3, 0.4) is 0 Å². The first-order valence-electron chi connectivity index (χ1n) is 6.88. The second-order valence-corrected chi connectivity index (χ2v) is 5.57. The van der Waals surface area contributed by atoms with Gasteiger partial charge in [-0.25, -0.2) is 0 Å². The number of aliphatic hydroxyl groups is 1. The van der Waals surface area contributed by atoms with Gasteiger partial charge in [0.25, 0.3) is 0 Å². The molecule has 2 aliphatic rings. The largest absolute Gasteiger partial charge is 0.387 e. The molecular formula is C13H24N2O3. The molecule has 2 aliphatic heterocycles. The number of nitrogens with one attached hydrogen (secondary N) is 1. The summed E-state index contributed by atoms with van der Waals surface area (Å²) in [5.74, 6) is 0.103. The average molecular weight is 256 g/mol. The van der Waals surface area contributed by atoms with Gasteiger partial charge >= 0.3 is 0 Å². The molecule has 1 amide bonds. The second-order valence-electron chi connectivity index (χ2n) is 5.57. The zero-order chi connectivity index (χ0) is 13.0. The van der Waals surface area contributed by atoms with Gasteiger partial charge < -0.3 is 20.1 Å². The second kappa shape index (κ2) is 5.99. The van der Waals surface area contributed by atoms with Crippen molar-refractivity contribution in [2.75, 3.05) is 33.3 Å². The molecule has 2 heterocycles. The molecule has 0 saturated carbocycles. The van der Waals surface area contributed by atoms with Crippen LogP contribution in [-0.4, -0.2) is 60.9 Å². The van der Waals surface area contributed by atoms with E-state index in [4.69, 9.17) is 4.74 Å². The Balaban J connectivity index is 1.70. The minimum Gasteiger partial charge on any atom is -0.387 e. The highest BCUT2D eigenvalue weighted by molar-refractivity contribution is 5.76. The number of carbonyl (C=O) groups excluding carboxylic acids is 1. The number of hydrogen-bond donors (Lipinski definition) is 2. The van der Waals surface area contributed by atoms with E-state index in [9.17, 15) is 9.90 Å². The maximum atomic E-state index is 12.0. The summed E-state index contributed by atoms with van der Waals surface area (Å²) in [5, 5.41) is 13.3. The third kappa shape index (κ3) is 3.67. The van der Waals surface area contributed by atoms with Gasteiger partial charge in [-0.15, -0.1) is 0 Å². The van der Waals surface area contributed by atoms with E-state index in [0.717, 1.165) is 38.8 Å². The molecule has 0 aliphatic carbocycles.